The number of H-pyrrole nitrogens is 1. The van der Waals surface area contributed by atoms with Gasteiger partial charge in [-0.2, -0.15) is 0 Å². The summed E-state index contributed by atoms with van der Waals surface area (Å²) in [5.74, 6) is 2.06. The van der Waals surface area contributed by atoms with E-state index in [1.54, 1.807) is 6.07 Å². The molecule has 0 amide bonds. The van der Waals surface area contributed by atoms with Gasteiger partial charge >= 0.3 is 5.97 Å². The highest BCUT2D eigenvalue weighted by Crippen LogP contribution is 2.47. The highest BCUT2D eigenvalue weighted by molar-refractivity contribution is 5.90. The van der Waals surface area contributed by atoms with Crippen molar-refractivity contribution in [2.24, 2.45) is 11.3 Å². The number of aliphatic carboxylic acids is 1. The second kappa shape index (κ2) is 13.7. The zero-order valence-electron chi connectivity index (χ0n) is 31.4. The Bertz CT molecular complexity index is 2030. The zero-order valence-corrected chi connectivity index (χ0v) is 31.4. The van der Waals surface area contributed by atoms with Gasteiger partial charge in [0.25, 0.3) is 0 Å². The summed E-state index contributed by atoms with van der Waals surface area (Å²) >= 11 is 0. The predicted molar refractivity (Wildman–Crippen MR) is 207 cm³/mol. The number of carboxylic acid groups (broad SMARTS) is 1. The van der Waals surface area contributed by atoms with Crippen molar-refractivity contribution in [2.75, 3.05) is 47.9 Å². The number of hydrogen-bond donors (Lipinski definition) is 5. The number of anilines is 3. The van der Waals surface area contributed by atoms with Crippen molar-refractivity contribution in [3.63, 3.8) is 0 Å². The van der Waals surface area contributed by atoms with Gasteiger partial charge in [-0.05, 0) is 94.1 Å². The number of piperidine rings is 1. The quantitative estimate of drug-likeness (QED) is 0.134. The fraction of sp³-hybridized carbons (Fsp3) is 0.512. The first-order chi connectivity index (χ1) is 26.2. The Labute approximate surface area is 315 Å². The van der Waals surface area contributed by atoms with E-state index >= 15 is 0 Å². The molecule has 5 aliphatic rings. The predicted octanol–water partition coefficient (Wildman–Crippen LogP) is 6.50. The lowest BCUT2D eigenvalue weighted by molar-refractivity contribution is -0.140. The number of rotatable bonds is 8. The first-order valence-electron chi connectivity index (χ1n) is 19.7. The zero-order chi connectivity index (χ0) is 37.1. The van der Waals surface area contributed by atoms with E-state index in [0.29, 0.717) is 23.1 Å². The molecule has 5 N–H and O–H groups in total. The van der Waals surface area contributed by atoms with Crippen LogP contribution in [0.15, 0.2) is 47.2 Å². The molecular weight excluding hydrogens is 683 g/mol. The molecule has 7 heterocycles. The van der Waals surface area contributed by atoms with Gasteiger partial charge in [0.2, 0.25) is 5.95 Å². The Morgan fingerprint density at radius 1 is 1.02 bits per heavy atom. The minimum atomic E-state index is -0.865. The van der Waals surface area contributed by atoms with Crippen LogP contribution in [-0.2, 0) is 11.2 Å². The van der Waals surface area contributed by atoms with Crippen molar-refractivity contribution >= 4 is 35.3 Å². The van der Waals surface area contributed by atoms with Crippen molar-refractivity contribution in [3.05, 3.63) is 76.4 Å². The lowest BCUT2D eigenvalue weighted by Gasteiger charge is -2.54. The number of carboxylic acids is 1. The standard InChI is InChI=1S/C41H51N9O4/c1-24(2)36(39(52)53)34-19-35(47-54-34)49-22-41(23-49)13-8-28(9-14-41)48-15-10-26(11-16-48)27-20-42-40(43-21-27)50-17-12-31-37(25(50)3)30-18-32(45-46-38(30)44-31)29-6-4-5-7-33(29)51/h4-7,18-21,24-26,28,36,44-46,51H,8-17,22-23H2,1-3H3,(H,52,53)/t25-,36?/m0/s1. The third-order valence-corrected chi connectivity index (χ3v) is 13.0. The fourth-order valence-corrected chi connectivity index (χ4v) is 9.94. The number of hydrazine groups is 1. The summed E-state index contributed by atoms with van der Waals surface area (Å²) in [5.41, 5.74) is 13.3. The van der Waals surface area contributed by atoms with Gasteiger partial charge in [0.05, 0.1) is 11.7 Å². The number of likely N-dealkylation sites (tertiary alicyclic amines) is 1. The number of aromatic amines is 1. The van der Waals surface area contributed by atoms with E-state index in [1.165, 1.54) is 42.5 Å². The summed E-state index contributed by atoms with van der Waals surface area (Å²) in [4.78, 5) is 32.5. The van der Waals surface area contributed by atoms with Crippen LogP contribution in [0.4, 0.5) is 17.6 Å². The van der Waals surface area contributed by atoms with E-state index in [1.807, 2.05) is 38.1 Å². The highest BCUT2D eigenvalue weighted by Gasteiger charge is 2.47. The summed E-state index contributed by atoms with van der Waals surface area (Å²) in [7, 11) is 0. The number of carbonyl (C=O) groups is 1. The van der Waals surface area contributed by atoms with Crippen molar-refractivity contribution in [1.29, 1.82) is 0 Å². The average molecular weight is 734 g/mol. The van der Waals surface area contributed by atoms with Gasteiger partial charge in [-0.1, -0.05) is 31.1 Å². The second-order valence-corrected chi connectivity index (χ2v) is 16.6. The normalized spacial score (nSPS) is 22.2. The van der Waals surface area contributed by atoms with Gasteiger partial charge in [-0.3, -0.25) is 15.6 Å². The van der Waals surface area contributed by atoms with E-state index in [4.69, 9.17) is 14.5 Å². The highest BCUT2D eigenvalue weighted by atomic mass is 16.5. The van der Waals surface area contributed by atoms with Crippen LogP contribution in [-0.4, -0.2) is 80.0 Å². The topological polar surface area (TPSA) is 159 Å². The molecule has 13 nitrogen and oxygen atoms in total. The van der Waals surface area contributed by atoms with Crippen LogP contribution >= 0.6 is 0 Å². The summed E-state index contributed by atoms with van der Waals surface area (Å²) in [6.45, 7) is 11.0. The van der Waals surface area contributed by atoms with Crippen LogP contribution in [0.1, 0.15) is 111 Å². The largest absolute Gasteiger partial charge is 0.507 e. The van der Waals surface area contributed by atoms with Gasteiger partial charge in [0.1, 0.15) is 17.5 Å². The van der Waals surface area contributed by atoms with E-state index in [0.717, 1.165) is 86.4 Å². The molecule has 1 aromatic carbocycles. The van der Waals surface area contributed by atoms with Crippen LogP contribution in [0.2, 0.25) is 0 Å². The second-order valence-electron chi connectivity index (χ2n) is 16.6. The third kappa shape index (κ3) is 6.15. The van der Waals surface area contributed by atoms with Gasteiger partial charge in [0.15, 0.2) is 11.6 Å². The number of aromatic hydroxyl groups is 1. The number of phenolic OH excluding ortho intramolecular Hbond substituents is 1. The number of fused-ring (bicyclic) bond motifs is 3. The molecule has 4 aromatic rings. The van der Waals surface area contributed by atoms with Crippen molar-refractivity contribution in [3.8, 4) is 5.75 Å². The van der Waals surface area contributed by atoms with Gasteiger partial charge < -0.3 is 34.4 Å². The van der Waals surface area contributed by atoms with Crippen LogP contribution in [0.3, 0.4) is 0 Å². The van der Waals surface area contributed by atoms with E-state index in [9.17, 15) is 15.0 Å². The van der Waals surface area contributed by atoms with Gasteiger partial charge in [-0.15, -0.1) is 0 Å². The van der Waals surface area contributed by atoms with Gasteiger partial charge in [-0.25, -0.2) is 9.97 Å². The summed E-state index contributed by atoms with van der Waals surface area (Å²) in [5, 5.41) is 24.4. The maximum absolute atomic E-state index is 11.8. The molecule has 2 saturated heterocycles. The third-order valence-electron chi connectivity index (χ3n) is 13.0. The number of benzene rings is 1. The van der Waals surface area contributed by atoms with Crippen molar-refractivity contribution in [2.45, 2.75) is 89.6 Å². The van der Waals surface area contributed by atoms with Crippen molar-refractivity contribution in [1.82, 2.24) is 30.4 Å². The number of nitrogens with one attached hydrogen (secondary N) is 3. The smallest absolute Gasteiger partial charge is 0.314 e. The van der Waals surface area contributed by atoms with Crippen LogP contribution in [0.25, 0.3) is 11.8 Å². The number of phenols is 1. The Balaban J connectivity index is 0.777. The lowest BCUT2D eigenvalue weighted by atomic mass is 9.67. The Morgan fingerprint density at radius 3 is 2.46 bits per heavy atom. The molecule has 54 heavy (non-hydrogen) atoms. The molecule has 1 saturated carbocycles. The number of hydrogen-bond acceptors (Lipinski definition) is 11. The van der Waals surface area contributed by atoms with E-state index in [2.05, 4.69) is 61.1 Å². The number of nitrogens with zero attached hydrogens (tertiary/aromatic N) is 6. The first-order valence-corrected chi connectivity index (χ1v) is 19.7. The van der Waals surface area contributed by atoms with E-state index in [-0.39, 0.29) is 17.7 Å². The molecule has 0 radical (unpaired) electrons. The molecule has 0 bridgehead atoms. The summed E-state index contributed by atoms with van der Waals surface area (Å²) in [6.07, 6.45) is 14.3. The molecule has 3 aromatic heterocycles. The molecule has 13 heteroatoms. The fourth-order valence-electron chi connectivity index (χ4n) is 9.94. The lowest BCUT2D eigenvalue weighted by Crippen LogP contribution is -2.59. The molecule has 1 unspecified atom stereocenters. The maximum Gasteiger partial charge on any atom is 0.314 e. The molecule has 9 rings (SSSR count). The molecule has 2 atom stereocenters. The average Bonchev–Trinajstić information content (AvgIpc) is 3.79. The Morgan fingerprint density at radius 2 is 1.76 bits per heavy atom. The molecule has 4 aliphatic heterocycles. The van der Waals surface area contributed by atoms with Gasteiger partial charge in [0, 0.05) is 78.4 Å². The summed E-state index contributed by atoms with van der Waals surface area (Å²) < 4.78 is 5.50. The monoisotopic (exact) mass is 733 g/mol. The minimum absolute atomic E-state index is 0.0578. The first kappa shape index (κ1) is 34.7. The molecule has 3 fully saturated rings. The molecule has 1 aliphatic carbocycles. The SMILES string of the molecule is CC(C)C(C(=O)O)c1cc(N2CC3(CCC(N4CCC(c5cnc(N6CCc7[nH]c8c(c7[C@@H]6C)C=C(c6ccccc6O)NN8)nc5)CC4)CC3)C2)no1. The Hall–Kier alpha value is -5.04. The molecule has 284 valence electrons. The van der Waals surface area contributed by atoms with Crippen LogP contribution in [0.5, 0.6) is 5.75 Å². The van der Waals surface area contributed by atoms with Crippen molar-refractivity contribution < 1.29 is 19.5 Å². The van der Waals surface area contributed by atoms with Crippen LogP contribution in [0, 0.1) is 11.3 Å². The molecule has 1 spiro atoms. The minimum Gasteiger partial charge on any atom is -0.507 e. The number of aromatic nitrogens is 4. The van der Waals surface area contributed by atoms with E-state index < -0.39 is 11.9 Å². The Kier molecular flexibility index (Phi) is 8.79. The molecular formula is C41H51N9O4. The maximum atomic E-state index is 11.8. The van der Waals surface area contributed by atoms with Crippen LogP contribution < -0.4 is 20.7 Å². The summed E-state index contributed by atoms with van der Waals surface area (Å²) in [6, 6.07) is 9.93. The number of para-hydroxylation sites is 1.